The van der Waals surface area contributed by atoms with E-state index in [9.17, 15) is 10.1 Å². The van der Waals surface area contributed by atoms with Crippen molar-refractivity contribution >= 4 is 5.69 Å². The second-order valence-corrected chi connectivity index (χ2v) is 4.82. The van der Waals surface area contributed by atoms with E-state index in [4.69, 9.17) is 4.74 Å². The Labute approximate surface area is 112 Å². The molecule has 19 heavy (non-hydrogen) atoms. The second kappa shape index (κ2) is 6.47. The van der Waals surface area contributed by atoms with E-state index >= 15 is 0 Å². The third-order valence-electron chi connectivity index (χ3n) is 3.29. The Bertz CT molecular complexity index is 445. The summed E-state index contributed by atoms with van der Waals surface area (Å²) >= 11 is 0. The lowest BCUT2D eigenvalue weighted by atomic mass is 10.0. The van der Waals surface area contributed by atoms with Gasteiger partial charge in [-0.15, -0.1) is 0 Å². The van der Waals surface area contributed by atoms with E-state index in [1.54, 1.807) is 13.0 Å². The van der Waals surface area contributed by atoms with E-state index in [0.29, 0.717) is 12.6 Å². The molecule has 1 aromatic heterocycles. The summed E-state index contributed by atoms with van der Waals surface area (Å²) in [5.41, 5.74) is 0.651. The minimum atomic E-state index is -0.458. The molecular weight excluding hydrogens is 246 g/mol. The summed E-state index contributed by atoms with van der Waals surface area (Å²) in [5, 5.41) is 14.3. The highest BCUT2D eigenvalue weighted by molar-refractivity contribution is 5.41. The zero-order valence-electron chi connectivity index (χ0n) is 11.1. The molecule has 1 atom stereocenters. The van der Waals surface area contributed by atoms with Gasteiger partial charge in [0.2, 0.25) is 0 Å². The average molecular weight is 265 g/mol. The number of ether oxygens (including phenoxy) is 1. The zero-order valence-corrected chi connectivity index (χ0v) is 11.1. The van der Waals surface area contributed by atoms with Gasteiger partial charge in [0.1, 0.15) is 0 Å². The van der Waals surface area contributed by atoms with Gasteiger partial charge in [-0.2, -0.15) is 0 Å². The van der Waals surface area contributed by atoms with Crippen LogP contribution in [-0.4, -0.2) is 29.1 Å². The number of nitro groups is 1. The third kappa shape index (κ3) is 3.89. The molecule has 6 nitrogen and oxygen atoms in total. The molecule has 0 aromatic carbocycles. The Kier molecular flexibility index (Phi) is 4.68. The van der Waals surface area contributed by atoms with E-state index in [2.05, 4.69) is 10.3 Å². The van der Waals surface area contributed by atoms with Crippen LogP contribution in [0.3, 0.4) is 0 Å². The Hall–Kier alpha value is -1.69. The van der Waals surface area contributed by atoms with Crippen LogP contribution in [0.2, 0.25) is 0 Å². The fourth-order valence-electron chi connectivity index (χ4n) is 2.24. The summed E-state index contributed by atoms with van der Waals surface area (Å²) in [7, 11) is 0. The summed E-state index contributed by atoms with van der Waals surface area (Å²) in [5.74, 6) is 0.126. The SMILES string of the molecule is Cc1ccc([N+](=O)[O-])c(OCCC2CCCCN2)n1. The van der Waals surface area contributed by atoms with E-state index < -0.39 is 4.92 Å². The molecule has 0 amide bonds. The predicted octanol–water partition coefficient (Wildman–Crippen LogP) is 2.21. The van der Waals surface area contributed by atoms with Crippen LogP contribution in [0.1, 0.15) is 31.4 Å². The van der Waals surface area contributed by atoms with Gasteiger partial charge in [-0.05, 0) is 38.8 Å². The second-order valence-electron chi connectivity index (χ2n) is 4.82. The molecule has 1 N–H and O–H groups in total. The molecule has 1 unspecified atom stereocenters. The van der Waals surface area contributed by atoms with E-state index in [1.165, 1.54) is 18.9 Å². The molecule has 1 saturated heterocycles. The van der Waals surface area contributed by atoms with Crippen LogP contribution in [0.15, 0.2) is 12.1 Å². The average Bonchev–Trinajstić information content (AvgIpc) is 2.39. The highest BCUT2D eigenvalue weighted by Crippen LogP contribution is 2.24. The molecule has 2 rings (SSSR count). The first-order valence-corrected chi connectivity index (χ1v) is 6.65. The molecule has 1 aliphatic rings. The van der Waals surface area contributed by atoms with Gasteiger partial charge in [0.05, 0.1) is 11.5 Å². The van der Waals surface area contributed by atoms with Gasteiger partial charge in [0.15, 0.2) is 0 Å². The van der Waals surface area contributed by atoms with Crippen molar-refractivity contribution in [1.82, 2.24) is 10.3 Å². The maximum Gasteiger partial charge on any atom is 0.330 e. The number of aryl methyl sites for hydroxylation is 1. The van der Waals surface area contributed by atoms with Gasteiger partial charge in [0.25, 0.3) is 5.88 Å². The van der Waals surface area contributed by atoms with Crippen LogP contribution < -0.4 is 10.1 Å². The Morgan fingerprint density at radius 3 is 3.05 bits per heavy atom. The zero-order chi connectivity index (χ0) is 13.7. The minimum absolute atomic E-state index is 0.0674. The highest BCUT2D eigenvalue weighted by Gasteiger charge is 2.18. The van der Waals surface area contributed by atoms with Crippen molar-refractivity contribution in [3.05, 3.63) is 27.9 Å². The first-order valence-electron chi connectivity index (χ1n) is 6.65. The maximum absolute atomic E-state index is 10.9. The number of pyridine rings is 1. The number of piperidine rings is 1. The van der Waals surface area contributed by atoms with E-state index in [0.717, 1.165) is 25.1 Å². The normalized spacial score (nSPS) is 19.1. The Morgan fingerprint density at radius 2 is 2.37 bits per heavy atom. The van der Waals surface area contributed by atoms with Crippen molar-refractivity contribution in [2.45, 2.75) is 38.6 Å². The fraction of sp³-hybridized carbons (Fsp3) is 0.615. The number of aromatic nitrogens is 1. The quantitative estimate of drug-likeness (QED) is 0.652. The van der Waals surface area contributed by atoms with Crippen molar-refractivity contribution in [3.63, 3.8) is 0 Å². The molecule has 104 valence electrons. The lowest BCUT2D eigenvalue weighted by molar-refractivity contribution is -0.386. The number of rotatable bonds is 5. The van der Waals surface area contributed by atoms with Crippen LogP contribution in [0.5, 0.6) is 5.88 Å². The summed E-state index contributed by atoms with van der Waals surface area (Å²) in [4.78, 5) is 14.5. The summed E-state index contributed by atoms with van der Waals surface area (Å²) in [6.45, 7) is 3.29. The molecule has 1 fully saturated rings. The molecule has 0 spiro atoms. The van der Waals surface area contributed by atoms with Crippen molar-refractivity contribution < 1.29 is 9.66 Å². The standard InChI is InChI=1S/C13H19N3O3/c1-10-5-6-12(16(17)18)13(15-10)19-9-7-11-4-2-3-8-14-11/h5-6,11,14H,2-4,7-9H2,1H3. The summed E-state index contributed by atoms with van der Waals surface area (Å²) < 4.78 is 5.49. The number of nitrogens with zero attached hydrogens (tertiary/aromatic N) is 2. The third-order valence-corrected chi connectivity index (χ3v) is 3.29. The monoisotopic (exact) mass is 265 g/mol. The fourth-order valence-corrected chi connectivity index (χ4v) is 2.24. The predicted molar refractivity (Wildman–Crippen MR) is 71.4 cm³/mol. The van der Waals surface area contributed by atoms with Gasteiger partial charge < -0.3 is 10.1 Å². The van der Waals surface area contributed by atoms with Crippen molar-refractivity contribution in [2.24, 2.45) is 0 Å². The molecule has 0 bridgehead atoms. The first-order chi connectivity index (χ1) is 9.16. The van der Waals surface area contributed by atoms with Crippen LogP contribution in [0.25, 0.3) is 0 Å². The van der Waals surface area contributed by atoms with Crippen molar-refractivity contribution in [2.75, 3.05) is 13.2 Å². The Morgan fingerprint density at radius 1 is 1.53 bits per heavy atom. The molecule has 6 heteroatoms. The maximum atomic E-state index is 10.9. The lowest BCUT2D eigenvalue weighted by Crippen LogP contribution is -2.35. The number of hydrogen-bond donors (Lipinski definition) is 1. The van der Waals surface area contributed by atoms with Gasteiger partial charge in [-0.1, -0.05) is 6.42 Å². The van der Waals surface area contributed by atoms with Crippen LogP contribution in [-0.2, 0) is 0 Å². The van der Waals surface area contributed by atoms with Gasteiger partial charge in [0, 0.05) is 17.8 Å². The summed E-state index contributed by atoms with van der Waals surface area (Å²) in [6, 6.07) is 3.52. The number of nitrogens with one attached hydrogen (secondary N) is 1. The molecule has 1 aromatic rings. The molecule has 0 saturated carbocycles. The van der Waals surface area contributed by atoms with Gasteiger partial charge in [-0.25, -0.2) is 4.98 Å². The van der Waals surface area contributed by atoms with Gasteiger partial charge >= 0.3 is 5.69 Å². The first kappa shape index (κ1) is 13.7. The topological polar surface area (TPSA) is 77.3 Å². The smallest absolute Gasteiger partial charge is 0.330 e. The molecule has 1 aliphatic heterocycles. The minimum Gasteiger partial charge on any atom is -0.473 e. The molecule has 0 radical (unpaired) electrons. The largest absolute Gasteiger partial charge is 0.473 e. The van der Waals surface area contributed by atoms with Crippen LogP contribution in [0.4, 0.5) is 5.69 Å². The van der Waals surface area contributed by atoms with Gasteiger partial charge in [-0.3, -0.25) is 10.1 Å². The lowest BCUT2D eigenvalue weighted by Gasteiger charge is -2.23. The van der Waals surface area contributed by atoms with Crippen molar-refractivity contribution in [3.8, 4) is 5.88 Å². The van der Waals surface area contributed by atoms with Crippen LogP contribution in [0, 0.1) is 17.0 Å². The molecular formula is C13H19N3O3. The molecule has 2 heterocycles. The summed E-state index contributed by atoms with van der Waals surface area (Å²) in [6.07, 6.45) is 4.46. The molecule has 0 aliphatic carbocycles. The van der Waals surface area contributed by atoms with E-state index in [-0.39, 0.29) is 11.6 Å². The number of hydrogen-bond acceptors (Lipinski definition) is 5. The van der Waals surface area contributed by atoms with Crippen molar-refractivity contribution in [1.29, 1.82) is 0 Å². The Balaban J connectivity index is 1.91. The van der Waals surface area contributed by atoms with E-state index in [1.807, 2.05) is 0 Å². The van der Waals surface area contributed by atoms with Crippen LogP contribution >= 0.6 is 0 Å². The highest BCUT2D eigenvalue weighted by atomic mass is 16.6.